The molecule has 0 radical (unpaired) electrons. The molecule has 0 aromatic carbocycles. The second kappa shape index (κ2) is 5.38. The van der Waals surface area contributed by atoms with Gasteiger partial charge in [0.25, 0.3) is 0 Å². The highest BCUT2D eigenvalue weighted by Gasteiger charge is 2.32. The van der Waals surface area contributed by atoms with Gasteiger partial charge in [-0.3, -0.25) is 0 Å². The fourth-order valence-electron chi connectivity index (χ4n) is 2.34. The first-order valence-electron chi connectivity index (χ1n) is 6.47. The lowest BCUT2D eigenvalue weighted by Gasteiger charge is -2.22. The van der Waals surface area contributed by atoms with Crippen molar-refractivity contribution in [1.29, 1.82) is 0 Å². The van der Waals surface area contributed by atoms with Crippen LogP contribution < -0.4 is 10.6 Å². The van der Waals surface area contributed by atoms with E-state index in [0.29, 0.717) is 18.9 Å². The Morgan fingerprint density at radius 3 is 2.63 bits per heavy atom. The van der Waals surface area contributed by atoms with E-state index in [-0.39, 0.29) is 17.5 Å². The number of anilines is 1. The first-order valence-corrected chi connectivity index (χ1v) is 9.10. The van der Waals surface area contributed by atoms with Gasteiger partial charge in [-0.1, -0.05) is 13.8 Å². The van der Waals surface area contributed by atoms with Gasteiger partial charge in [0, 0.05) is 24.5 Å². The largest absolute Gasteiger partial charge is 0.347 e. The topological polar surface area (TPSA) is 76.3 Å². The Kier molecular flexibility index (Phi) is 4.17. The molecule has 1 aliphatic heterocycles. The van der Waals surface area contributed by atoms with E-state index in [1.807, 2.05) is 11.9 Å². The molecule has 1 unspecified atom stereocenters. The summed E-state index contributed by atoms with van der Waals surface area (Å²) < 4.78 is 23.1. The SMILES string of the molecule is CC(C)c1nc(N(C)C2CCS(=O)(=O)C2)sc1CN. The highest BCUT2D eigenvalue weighted by molar-refractivity contribution is 7.91. The molecule has 0 bridgehead atoms. The molecule has 1 atom stereocenters. The predicted octanol–water partition coefficient (Wildman–Crippen LogP) is 1.35. The molecule has 7 heteroatoms. The smallest absolute Gasteiger partial charge is 0.185 e. The second-order valence-electron chi connectivity index (χ2n) is 5.33. The van der Waals surface area contributed by atoms with E-state index in [1.165, 1.54) is 0 Å². The van der Waals surface area contributed by atoms with Crippen molar-refractivity contribution < 1.29 is 8.42 Å². The summed E-state index contributed by atoms with van der Waals surface area (Å²) in [7, 11) is -0.938. The summed E-state index contributed by atoms with van der Waals surface area (Å²) in [6.07, 6.45) is 0.688. The minimum atomic E-state index is -2.86. The molecule has 5 nitrogen and oxygen atoms in total. The molecular formula is C12H21N3O2S2. The van der Waals surface area contributed by atoms with Crippen molar-refractivity contribution in [2.24, 2.45) is 5.73 Å². The van der Waals surface area contributed by atoms with Crippen LogP contribution in [0, 0.1) is 0 Å². The van der Waals surface area contributed by atoms with Crippen LogP contribution in [0.4, 0.5) is 5.13 Å². The van der Waals surface area contributed by atoms with E-state index in [1.54, 1.807) is 11.3 Å². The zero-order valence-corrected chi connectivity index (χ0v) is 13.2. The van der Waals surface area contributed by atoms with Crippen molar-refractivity contribution in [1.82, 2.24) is 4.98 Å². The summed E-state index contributed by atoms with van der Waals surface area (Å²) in [5, 5.41) is 0.881. The third kappa shape index (κ3) is 3.09. The zero-order chi connectivity index (χ0) is 14.2. The quantitative estimate of drug-likeness (QED) is 0.908. The highest BCUT2D eigenvalue weighted by atomic mass is 32.2. The monoisotopic (exact) mass is 303 g/mol. The van der Waals surface area contributed by atoms with Gasteiger partial charge in [-0.15, -0.1) is 11.3 Å². The second-order valence-corrected chi connectivity index (χ2v) is 8.62. The molecule has 0 saturated carbocycles. The number of rotatable bonds is 4. The predicted molar refractivity (Wildman–Crippen MR) is 79.6 cm³/mol. The van der Waals surface area contributed by atoms with Gasteiger partial charge in [0.15, 0.2) is 15.0 Å². The van der Waals surface area contributed by atoms with Crippen LogP contribution in [0.15, 0.2) is 0 Å². The van der Waals surface area contributed by atoms with Crippen LogP contribution in [0.5, 0.6) is 0 Å². The fraction of sp³-hybridized carbons (Fsp3) is 0.750. The maximum absolute atomic E-state index is 11.5. The minimum absolute atomic E-state index is 0.0433. The number of nitrogens with two attached hydrogens (primary N) is 1. The molecule has 2 rings (SSSR count). The van der Waals surface area contributed by atoms with Crippen molar-refractivity contribution in [2.75, 3.05) is 23.5 Å². The third-order valence-corrected chi connectivity index (χ3v) is 6.44. The molecule has 1 saturated heterocycles. The first-order chi connectivity index (χ1) is 8.84. The van der Waals surface area contributed by atoms with Crippen LogP contribution in [-0.4, -0.2) is 38.0 Å². The normalized spacial score (nSPS) is 22.1. The average Bonchev–Trinajstić information content (AvgIpc) is 2.91. The van der Waals surface area contributed by atoms with Gasteiger partial charge in [-0.05, 0) is 12.3 Å². The van der Waals surface area contributed by atoms with Gasteiger partial charge in [0.1, 0.15) is 0 Å². The molecule has 2 N–H and O–H groups in total. The van der Waals surface area contributed by atoms with Crippen molar-refractivity contribution in [2.45, 2.75) is 38.8 Å². The summed E-state index contributed by atoms with van der Waals surface area (Å²) in [6.45, 7) is 4.68. The maximum Gasteiger partial charge on any atom is 0.185 e. The average molecular weight is 303 g/mol. The number of hydrogen-bond acceptors (Lipinski definition) is 6. The van der Waals surface area contributed by atoms with E-state index >= 15 is 0 Å². The zero-order valence-electron chi connectivity index (χ0n) is 11.6. The van der Waals surface area contributed by atoms with Crippen LogP contribution in [0.25, 0.3) is 0 Å². The highest BCUT2D eigenvalue weighted by Crippen LogP contribution is 2.32. The summed E-state index contributed by atoms with van der Waals surface area (Å²) in [5.41, 5.74) is 6.79. The Balaban J connectivity index is 2.22. The lowest BCUT2D eigenvalue weighted by atomic mass is 10.1. The summed E-state index contributed by atoms with van der Waals surface area (Å²) in [5.74, 6) is 0.857. The van der Waals surface area contributed by atoms with Crippen LogP contribution >= 0.6 is 11.3 Å². The first kappa shape index (κ1) is 14.7. The van der Waals surface area contributed by atoms with Gasteiger partial charge in [0.2, 0.25) is 0 Å². The van der Waals surface area contributed by atoms with Crippen molar-refractivity contribution >= 4 is 26.3 Å². The van der Waals surface area contributed by atoms with Crippen LogP contribution in [-0.2, 0) is 16.4 Å². The number of nitrogens with zero attached hydrogens (tertiary/aromatic N) is 2. The molecular weight excluding hydrogens is 282 g/mol. The Morgan fingerprint density at radius 2 is 2.21 bits per heavy atom. The summed E-state index contributed by atoms with van der Waals surface area (Å²) in [4.78, 5) is 7.74. The lowest BCUT2D eigenvalue weighted by molar-refractivity contribution is 0.600. The molecule has 0 amide bonds. The Hall–Kier alpha value is -0.660. The van der Waals surface area contributed by atoms with Crippen LogP contribution in [0.2, 0.25) is 0 Å². The molecule has 0 spiro atoms. The van der Waals surface area contributed by atoms with Gasteiger partial charge >= 0.3 is 0 Å². The maximum atomic E-state index is 11.5. The van der Waals surface area contributed by atoms with Crippen molar-refractivity contribution in [3.63, 3.8) is 0 Å². The summed E-state index contributed by atoms with van der Waals surface area (Å²) >= 11 is 1.58. The van der Waals surface area contributed by atoms with Crippen molar-refractivity contribution in [3.8, 4) is 0 Å². The number of thiazole rings is 1. The minimum Gasteiger partial charge on any atom is -0.347 e. The Morgan fingerprint density at radius 1 is 1.53 bits per heavy atom. The molecule has 1 fully saturated rings. The fourth-order valence-corrected chi connectivity index (χ4v) is 5.24. The standard InChI is InChI=1S/C12H21N3O2S2/c1-8(2)11-10(6-13)18-12(14-11)15(3)9-4-5-19(16,17)7-9/h8-9H,4-7,13H2,1-3H3. The Labute approximate surface area is 118 Å². The van der Waals surface area contributed by atoms with E-state index in [9.17, 15) is 8.42 Å². The number of aromatic nitrogens is 1. The van der Waals surface area contributed by atoms with Crippen molar-refractivity contribution in [3.05, 3.63) is 10.6 Å². The van der Waals surface area contributed by atoms with Gasteiger partial charge in [-0.25, -0.2) is 13.4 Å². The molecule has 0 aliphatic carbocycles. The third-order valence-electron chi connectivity index (χ3n) is 3.51. The van der Waals surface area contributed by atoms with E-state index in [4.69, 9.17) is 5.73 Å². The molecule has 19 heavy (non-hydrogen) atoms. The lowest BCUT2D eigenvalue weighted by Crippen LogP contribution is -2.32. The Bertz CT molecular complexity index is 551. The molecule has 108 valence electrons. The van der Waals surface area contributed by atoms with Crippen LogP contribution in [0.3, 0.4) is 0 Å². The van der Waals surface area contributed by atoms with E-state index < -0.39 is 9.84 Å². The van der Waals surface area contributed by atoms with Crippen LogP contribution in [0.1, 0.15) is 36.8 Å². The van der Waals surface area contributed by atoms with E-state index in [2.05, 4.69) is 18.8 Å². The van der Waals surface area contributed by atoms with Gasteiger partial charge < -0.3 is 10.6 Å². The molecule has 1 aromatic rings. The van der Waals surface area contributed by atoms with Gasteiger partial charge in [0.05, 0.1) is 17.2 Å². The molecule has 1 aliphatic rings. The number of sulfone groups is 1. The van der Waals surface area contributed by atoms with Gasteiger partial charge in [-0.2, -0.15) is 0 Å². The molecule has 2 heterocycles. The van der Waals surface area contributed by atoms with E-state index in [0.717, 1.165) is 15.7 Å². The summed E-state index contributed by atoms with van der Waals surface area (Å²) in [6, 6.07) is 0.0433. The molecule has 1 aromatic heterocycles. The number of hydrogen-bond donors (Lipinski definition) is 1.